The minimum absolute atomic E-state index is 0.433. The summed E-state index contributed by atoms with van der Waals surface area (Å²) in [5.41, 5.74) is 0.893. The summed E-state index contributed by atoms with van der Waals surface area (Å²) in [4.78, 5) is 21.1. The molecule has 0 heterocycles. The number of anilines is 2. The van der Waals surface area contributed by atoms with Crippen molar-refractivity contribution in [1.29, 1.82) is 0 Å². The van der Waals surface area contributed by atoms with E-state index in [9.17, 15) is 9.59 Å². The van der Waals surface area contributed by atoms with Crippen molar-refractivity contribution in [2.75, 3.05) is 10.6 Å². The Bertz CT molecular complexity index is 625. The molecule has 0 aliphatic heterocycles. The number of fused-ring (bicyclic) bond motifs is 1. The lowest BCUT2D eigenvalue weighted by Gasteiger charge is -2.07. The van der Waals surface area contributed by atoms with Crippen LogP contribution in [0, 0.1) is 0 Å². The van der Waals surface area contributed by atoms with Gasteiger partial charge in [0.15, 0.2) is 0 Å². The van der Waals surface area contributed by atoms with Crippen molar-refractivity contribution in [1.82, 2.24) is 0 Å². The standard InChI is InChI=1S/C12H10N2O4/c15-11(16)13-8-4-5-9-7(6-8)2-1-3-10(9)14-12(17)18/h1-6,13-14H,(H,15,16)(H,17,18). The topological polar surface area (TPSA) is 98.7 Å². The number of benzene rings is 2. The van der Waals surface area contributed by atoms with E-state index >= 15 is 0 Å². The SMILES string of the molecule is O=C(O)Nc1ccc2c(NC(=O)O)cccc2c1. The Morgan fingerprint density at radius 1 is 0.944 bits per heavy atom. The van der Waals surface area contributed by atoms with Gasteiger partial charge in [-0.15, -0.1) is 0 Å². The molecule has 2 aromatic carbocycles. The number of hydrogen-bond acceptors (Lipinski definition) is 2. The van der Waals surface area contributed by atoms with Crippen molar-refractivity contribution in [3.8, 4) is 0 Å². The predicted octanol–water partition coefficient (Wildman–Crippen LogP) is 3.02. The van der Waals surface area contributed by atoms with E-state index in [2.05, 4.69) is 10.6 Å². The molecule has 18 heavy (non-hydrogen) atoms. The molecule has 0 bridgehead atoms. The van der Waals surface area contributed by atoms with E-state index in [1.165, 1.54) is 0 Å². The van der Waals surface area contributed by atoms with Crippen LogP contribution in [0.1, 0.15) is 0 Å². The monoisotopic (exact) mass is 246 g/mol. The molecule has 0 spiro atoms. The van der Waals surface area contributed by atoms with E-state index in [4.69, 9.17) is 10.2 Å². The summed E-state index contributed by atoms with van der Waals surface area (Å²) in [6, 6.07) is 9.97. The summed E-state index contributed by atoms with van der Waals surface area (Å²) >= 11 is 0. The fourth-order valence-electron chi connectivity index (χ4n) is 1.71. The molecule has 6 heteroatoms. The van der Waals surface area contributed by atoms with Crippen LogP contribution in [0.4, 0.5) is 21.0 Å². The normalized spacial score (nSPS) is 10.0. The molecule has 4 N–H and O–H groups in total. The van der Waals surface area contributed by atoms with E-state index in [1.54, 1.807) is 36.4 Å². The molecule has 92 valence electrons. The number of carboxylic acid groups (broad SMARTS) is 2. The van der Waals surface area contributed by atoms with Gasteiger partial charge in [0.05, 0.1) is 5.69 Å². The molecule has 0 aliphatic carbocycles. The fourth-order valence-corrected chi connectivity index (χ4v) is 1.71. The Balaban J connectivity index is 2.46. The molecule has 0 aromatic heterocycles. The van der Waals surface area contributed by atoms with Crippen LogP contribution in [0.2, 0.25) is 0 Å². The van der Waals surface area contributed by atoms with Crippen LogP contribution in [0.3, 0.4) is 0 Å². The van der Waals surface area contributed by atoms with Gasteiger partial charge in [0.1, 0.15) is 0 Å². The van der Waals surface area contributed by atoms with Crippen LogP contribution < -0.4 is 10.6 Å². The van der Waals surface area contributed by atoms with Gasteiger partial charge in [-0.05, 0) is 23.6 Å². The third kappa shape index (κ3) is 2.49. The summed E-state index contributed by atoms with van der Waals surface area (Å²) in [6.07, 6.45) is -2.29. The number of rotatable bonds is 2. The molecule has 0 fully saturated rings. The first-order valence-corrected chi connectivity index (χ1v) is 5.09. The second kappa shape index (κ2) is 4.62. The summed E-state index contributed by atoms with van der Waals surface area (Å²) in [7, 11) is 0. The molecule has 2 aromatic rings. The zero-order valence-electron chi connectivity index (χ0n) is 9.18. The van der Waals surface area contributed by atoms with Crippen molar-refractivity contribution < 1.29 is 19.8 Å². The van der Waals surface area contributed by atoms with Gasteiger partial charge >= 0.3 is 12.2 Å². The number of amides is 2. The van der Waals surface area contributed by atoms with Gasteiger partial charge in [0.25, 0.3) is 0 Å². The van der Waals surface area contributed by atoms with Gasteiger partial charge in [-0.25, -0.2) is 9.59 Å². The van der Waals surface area contributed by atoms with Crippen LogP contribution in [-0.2, 0) is 0 Å². The van der Waals surface area contributed by atoms with Crippen LogP contribution in [0.5, 0.6) is 0 Å². The zero-order valence-corrected chi connectivity index (χ0v) is 9.18. The van der Waals surface area contributed by atoms with E-state index in [0.717, 1.165) is 5.39 Å². The van der Waals surface area contributed by atoms with Crippen LogP contribution in [0.15, 0.2) is 36.4 Å². The van der Waals surface area contributed by atoms with Crippen molar-refractivity contribution in [3.63, 3.8) is 0 Å². The maximum Gasteiger partial charge on any atom is 0.409 e. The Labute approximate surface area is 102 Å². The van der Waals surface area contributed by atoms with Gasteiger partial charge in [0.2, 0.25) is 0 Å². The predicted molar refractivity (Wildman–Crippen MR) is 67.2 cm³/mol. The number of nitrogens with one attached hydrogen (secondary N) is 2. The van der Waals surface area contributed by atoms with Crippen molar-refractivity contribution in [2.45, 2.75) is 0 Å². The average Bonchev–Trinajstić information content (AvgIpc) is 2.27. The van der Waals surface area contributed by atoms with Gasteiger partial charge in [0, 0.05) is 11.1 Å². The minimum atomic E-state index is -1.14. The van der Waals surface area contributed by atoms with Gasteiger partial charge in [-0.2, -0.15) is 0 Å². The highest BCUT2D eigenvalue weighted by Gasteiger charge is 2.05. The lowest BCUT2D eigenvalue weighted by atomic mass is 10.1. The maximum atomic E-state index is 10.6. The average molecular weight is 246 g/mol. The molecule has 0 aliphatic rings. The summed E-state index contributed by atoms with van der Waals surface area (Å²) < 4.78 is 0. The van der Waals surface area contributed by atoms with E-state index < -0.39 is 12.2 Å². The lowest BCUT2D eigenvalue weighted by molar-refractivity contribution is 0.208. The van der Waals surface area contributed by atoms with Gasteiger partial charge < -0.3 is 10.2 Å². The third-order valence-electron chi connectivity index (χ3n) is 2.37. The minimum Gasteiger partial charge on any atom is -0.465 e. The van der Waals surface area contributed by atoms with Crippen LogP contribution in [-0.4, -0.2) is 22.4 Å². The molecule has 0 saturated heterocycles. The Kier molecular flexibility index (Phi) is 3.01. The molecule has 0 radical (unpaired) electrons. The van der Waals surface area contributed by atoms with Crippen molar-refractivity contribution >= 4 is 34.3 Å². The van der Waals surface area contributed by atoms with Gasteiger partial charge in [-0.1, -0.05) is 18.2 Å². The highest BCUT2D eigenvalue weighted by atomic mass is 16.4. The van der Waals surface area contributed by atoms with E-state index in [0.29, 0.717) is 16.8 Å². The number of hydrogen-bond donors (Lipinski definition) is 4. The molecule has 6 nitrogen and oxygen atoms in total. The molecule has 0 unspecified atom stereocenters. The van der Waals surface area contributed by atoms with Crippen LogP contribution >= 0.6 is 0 Å². The fraction of sp³-hybridized carbons (Fsp3) is 0. The summed E-state index contributed by atoms with van der Waals surface area (Å²) in [6.45, 7) is 0. The third-order valence-corrected chi connectivity index (χ3v) is 2.37. The van der Waals surface area contributed by atoms with Crippen molar-refractivity contribution in [2.24, 2.45) is 0 Å². The first-order valence-electron chi connectivity index (χ1n) is 5.09. The molecule has 0 saturated carbocycles. The smallest absolute Gasteiger partial charge is 0.409 e. The Morgan fingerprint density at radius 3 is 2.33 bits per heavy atom. The highest BCUT2D eigenvalue weighted by Crippen LogP contribution is 2.26. The molecular formula is C12H10N2O4. The Morgan fingerprint density at radius 2 is 1.67 bits per heavy atom. The largest absolute Gasteiger partial charge is 0.465 e. The first-order chi connectivity index (χ1) is 8.56. The lowest BCUT2D eigenvalue weighted by Crippen LogP contribution is -2.08. The second-order valence-electron chi connectivity index (χ2n) is 3.60. The summed E-state index contributed by atoms with van der Waals surface area (Å²) in [5, 5.41) is 23.3. The zero-order chi connectivity index (χ0) is 13.1. The molecule has 2 amide bonds. The highest BCUT2D eigenvalue weighted by molar-refractivity contribution is 6.01. The molecule has 2 rings (SSSR count). The number of carbonyl (C=O) groups is 2. The molecule has 0 atom stereocenters. The Hall–Kier alpha value is -2.76. The van der Waals surface area contributed by atoms with Crippen LogP contribution in [0.25, 0.3) is 10.8 Å². The van der Waals surface area contributed by atoms with E-state index in [-0.39, 0.29) is 0 Å². The first kappa shape index (κ1) is 11.7. The molecular weight excluding hydrogens is 236 g/mol. The van der Waals surface area contributed by atoms with E-state index in [1.807, 2.05) is 0 Å². The maximum absolute atomic E-state index is 10.6. The quantitative estimate of drug-likeness (QED) is 0.654. The van der Waals surface area contributed by atoms with Gasteiger partial charge in [-0.3, -0.25) is 10.6 Å². The summed E-state index contributed by atoms with van der Waals surface area (Å²) in [5.74, 6) is 0. The second-order valence-corrected chi connectivity index (χ2v) is 3.60. The van der Waals surface area contributed by atoms with Crippen molar-refractivity contribution in [3.05, 3.63) is 36.4 Å².